The molecule has 22 heavy (non-hydrogen) atoms. The SMILES string of the molecule is N#Cc1ccc(CN2CCc3[nH]c(=S)[nH]c(=O)c3C2)cc1F. The summed E-state index contributed by atoms with van der Waals surface area (Å²) in [6.45, 7) is 1.76. The quantitative estimate of drug-likeness (QED) is 0.831. The van der Waals surface area contributed by atoms with Crippen LogP contribution in [0.5, 0.6) is 0 Å². The standard InChI is InChI=1S/C15H13FN4OS/c16-12-5-9(1-2-10(12)6-17)7-20-4-3-13-11(8-20)14(21)19-15(22)18-13/h1-2,5H,3-4,7-8H2,(H2,18,19,21,22). The molecule has 1 aliphatic heterocycles. The van der Waals surface area contributed by atoms with E-state index in [9.17, 15) is 9.18 Å². The second kappa shape index (κ2) is 5.83. The zero-order valence-electron chi connectivity index (χ0n) is 11.6. The molecule has 0 atom stereocenters. The van der Waals surface area contributed by atoms with Gasteiger partial charge in [-0.25, -0.2) is 4.39 Å². The molecule has 0 bridgehead atoms. The van der Waals surface area contributed by atoms with Crippen molar-refractivity contribution in [2.45, 2.75) is 19.5 Å². The number of nitriles is 1. The summed E-state index contributed by atoms with van der Waals surface area (Å²) in [4.78, 5) is 19.6. The van der Waals surface area contributed by atoms with Gasteiger partial charge in [-0.05, 0) is 29.9 Å². The van der Waals surface area contributed by atoms with Gasteiger partial charge in [-0.2, -0.15) is 5.26 Å². The second-order valence-corrected chi connectivity index (χ2v) is 5.66. The van der Waals surface area contributed by atoms with Gasteiger partial charge in [0.25, 0.3) is 5.56 Å². The number of rotatable bonds is 2. The van der Waals surface area contributed by atoms with E-state index in [0.29, 0.717) is 29.8 Å². The maximum absolute atomic E-state index is 13.6. The Morgan fingerprint density at radius 3 is 2.95 bits per heavy atom. The fourth-order valence-corrected chi connectivity index (χ4v) is 2.87. The van der Waals surface area contributed by atoms with Crippen LogP contribution in [0, 0.1) is 21.9 Å². The van der Waals surface area contributed by atoms with Gasteiger partial charge in [0.2, 0.25) is 0 Å². The Kier molecular flexibility index (Phi) is 3.88. The third-order valence-corrected chi connectivity index (χ3v) is 3.95. The average Bonchev–Trinajstić information content (AvgIpc) is 2.48. The number of H-pyrrole nitrogens is 2. The smallest absolute Gasteiger partial charge is 0.256 e. The summed E-state index contributed by atoms with van der Waals surface area (Å²) >= 11 is 4.96. The Bertz CT molecular complexity index is 880. The first-order valence-corrected chi connectivity index (χ1v) is 7.23. The van der Waals surface area contributed by atoms with Crippen molar-refractivity contribution in [3.05, 3.63) is 61.5 Å². The highest BCUT2D eigenvalue weighted by Gasteiger charge is 2.20. The number of aromatic amines is 2. The lowest BCUT2D eigenvalue weighted by molar-refractivity contribution is 0.241. The fraction of sp³-hybridized carbons (Fsp3) is 0.267. The van der Waals surface area contributed by atoms with Gasteiger partial charge < -0.3 is 4.98 Å². The number of hydrogen-bond donors (Lipinski definition) is 2. The second-order valence-electron chi connectivity index (χ2n) is 5.25. The van der Waals surface area contributed by atoms with Crippen LogP contribution < -0.4 is 5.56 Å². The Morgan fingerprint density at radius 1 is 1.41 bits per heavy atom. The fourth-order valence-electron chi connectivity index (χ4n) is 2.65. The Labute approximate surface area is 131 Å². The number of aromatic nitrogens is 2. The number of fused-ring (bicyclic) bond motifs is 1. The number of hydrogen-bond acceptors (Lipinski definition) is 4. The molecule has 112 valence electrons. The first kappa shape index (κ1) is 14.6. The highest BCUT2D eigenvalue weighted by molar-refractivity contribution is 7.71. The van der Waals surface area contributed by atoms with Crippen molar-refractivity contribution < 1.29 is 4.39 Å². The molecule has 0 unspecified atom stereocenters. The summed E-state index contributed by atoms with van der Waals surface area (Å²) in [5.74, 6) is -0.515. The molecule has 0 saturated heterocycles. The molecule has 2 aromatic rings. The van der Waals surface area contributed by atoms with Crippen LogP contribution >= 0.6 is 12.2 Å². The maximum Gasteiger partial charge on any atom is 0.256 e. The lowest BCUT2D eigenvalue weighted by atomic mass is 10.1. The van der Waals surface area contributed by atoms with Gasteiger partial charge in [0.05, 0.1) is 11.1 Å². The first-order chi connectivity index (χ1) is 10.6. The van der Waals surface area contributed by atoms with Crippen LogP contribution in [0.1, 0.15) is 22.4 Å². The molecule has 1 aromatic carbocycles. The zero-order chi connectivity index (χ0) is 15.7. The minimum absolute atomic E-state index is 0.0387. The first-order valence-electron chi connectivity index (χ1n) is 6.82. The number of nitrogens with one attached hydrogen (secondary N) is 2. The summed E-state index contributed by atoms with van der Waals surface area (Å²) < 4.78 is 14.0. The molecule has 1 aromatic heterocycles. The van der Waals surface area contributed by atoms with E-state index < -0.39 is 5.82 Å². The molecule has 0 saturated carbocycles. The van der Waals surface area contributed by atoms with Crippen molar-refractivity contribution in [3.63, 3.8) is 0 Å². The van der Waals surface area contributed by atoms with Crippen LogP contribution in [-0.4, -0.2) is 21.4 Å². The van der Waals surface area contributed by atoms with Crippen molar-refractivity contribution in [3.8, 4) is 6.07 Å². The lowest BCUT2D eigenvalue weighted by Gasteiger charge is -2.27. The van der Waals surface area contributed by atoms with E-state index in [1.165, 1.54) is 12.1 Å². The third-order valence-electron chi connectivity index (χ3n) is 3.75. The molecule has 1 aliphatic rings. The van der Waals surface area contributed by atoms with Crippen molar-refractivity contribution >= 4 is 12.2 Å². The molecular formula is C15H13FN4OS. The molecule has 5 nitrogen and oxygen atoms in total. The highest BCUT2D eigenvalue weighted by Crippen LogP contribution is 2.17. The third kappa shape index (κ3) is 2.84. The van der Waals surface area contributed by atoms with E-state index >= 15 is 0 Å². The van der Waals surface area contributed by atoms with E-state index in [1.54, 1.807) is 12.1 Å². The molecule has 2 N–H and O–H groups in total. The Balaban J connectivity index is 1.81. The van der Waals surface area contributed by atoms with E-state index in [-0.39, 0.29) is 11.1 Å². The predicted molar refractivity (Wildman–Crippen MR) is 81.2 cm³/mol. The molecule has 0 spiro atoms. The molecule has 7 heteroatoms. The number of nitrogens with zero attached hydrogens (tertiary/aromatic N) is 2. The molecule has 2 heterocycles. The highest BCUT2D eigenvalue weighted by atomic mass is 32.1. The summed E-state index contributed by atoms with van der Waals surface area (Å²) in [5, 5.41) is 8.74. The molecule has 0 fully saturated rings. The number of halogens is 1. The Hall–Kier alpha value is -2.30. The van der Waals surface area contributed by atoms with E-state index in [2.05, 4.69) is 14.9 Å². The Morgan fingerprint density at radius 2 is 2.23 bits per heavy atom. The van der Waals surface area contributed by atoms with E-state index in [0.717, 1.165) is 17.8 Å². The molecule has 3 rings (SSSR count). The van der Waals surface area contributed by atoms with Gasteiger partial charge >= 0.3 is 0 Å². The van der Waals surface area contributed by atoms with Crippen LogP contribution in [-0.2, 0) is 19.5 Å². The molecule has 0 aliphatic carbocycles. The minimum atomic E-state index is -0.515. The molecular weight excluding hydrogens is 303 g/mol. The van der Waals surface area contributed by atoms with Crippen LogP contribution in [0.25, 0.3) is 0 Å². The van der Waals surface area contributed by atoms with Gasteiger partial charge in [-0.15, -0.1) is 0 Å². The van der Waals surface area contributed by atoms with Gasteiger partial charge in [-0.1, -0.05) is 6.07 Å². The normalized spacial score (nSPS) is 14.4. The monoisotopic (exact) mass is 316 g/mol. The summed E-state index contributed by atoms with van der Waals surface area (Å²) in [7, 11) is 0. The van der Waals surface area contributed by atoms with Gasteiger partial charge in [0.1, 0.15) is 11.9 Å². The lowest BCUT2D eigenvalue weighted by Crippen LogP contribution is -2.35. The van der Waals surface area contributed by atoms with Crippen LogP contribution in [0.3, 0.4) is 0 Å². The summed E-state index contributed by atoms with van der Waals surface area (Å²) in [6.07, 6.45) is 0.696. The van der Waals surface area contributed by atoms with Crippen molar-refractivity contribution in [2.24, 2.45) is 0 Å². The predicted octanol–water partition coefficient (Wildman–Crippen LogP) is 2.00. The topological polar surface area (TPSA) is 75.7 Å². The molecule has 0 radical (unpaired) electrons. The van der Waals surface area contributed by atoms with Crippen molar-refractivity contribution in [1.82, 2.24) is 14.9 Å². The van der Waals surface area contributed by atoms with Crippen LogP contribution in [0.2, 0.25) is 0 Å². The van der Waals surface area contributed by atoms with Gasteiger partial charge in [0.15, 0.2) is 4.77 Å². The summed E-state index contributed by atoms with van der Waals surface area (Å²) in [5.41, 5.74) is 2.19. The minimum Gasteiger partial charge on any atom is -0.335 e. The average molecular weight is 316 g/mol. The van der Waals surface area contributed by atoms with Crippen LogP contribution in [0.15, 0.2) is 23.0 Å². The van der Waals surface area contributed by atoms with E-state index in [4.69, 9.17) is 17.5 Å². The van der Waals surface area contributed by atoms with Gasteiger partial charge in [-0.3, -0.25) is 14.7 Å². The molecule has 0 amide bonds. The van der Waals surface area contributed by atoms with Crippen molar-refractivity contribution in [1.29, 1.82) is 5.26 Å². The maximum atomic E-state index is 13.6. The van der Waals surface area contributed by atoms with Crippen LogP contribution in [0.4, 0.5) is 4.39 Å². The largest absolute Gasteiger partial charge is 0.335 e. The summed E-state index contributed by atoms with van der Waals surface area (Å²) in [6, 6.07) is 6.39. The van der Waals surface area contributed by atoms with Gasteiger partial charge in [0, 0.05) is 31.7 Å². The zero-order valence-corrected chi connectivity index (χ0v) is 12.5. The van der Waals surface area contributed by atoms with Crippen molar-refractivity contribution in [2.75, 3.05) is 6.54 Å². The number of benzene rings is 1. The van der Waals surface area contributed by atoms with E-state index in [1.807, 2.05) is 0 Å².